The van der Waals surface area contributed by atoms with E-state index in [1.54, 1.807) is 0 Å². The lowest BCUT2D eigenvalue weighted by Crippen LogP contribution is -2.12. The Balaban J connectivity index is 1.93. The zero-order valence-corrected chi connectivity index (χ0v) is 21.2. The summed E-state index contributed by atoms with van der Waals surface area (Å²) in [5, 5.41) is 1.35. The van der Waals surface area contributed by atoms with Crippen molar-refractivity contribution in [3.05, 3.63) is 91.0 Å². The maximum Gasteiger partial charge on any atom is 0.0636 e. The molecule has 0 nitrogen and oxygen atoms in total. The second kappa shape index (κ2) is 7.98. The normalized spacial score (nSPS) is 17.1. The van der Waals surface area contributed by atoms with Crippen LogP contribution in [0.2, 0.25) is 10.0 Å². The van der Waals surface area contributed by atoms with Crippen LogP contribution in [-0.2, 0) is 11.8 Å². The first-order valence-corrected chi connectivity index (χ1v) is 11.9. The van der Waals surface area contributed by atoms with E-state index in [4.69, 9.17) is 23.2 Å². The Morgan fingerprint density at radius 3 is 2.26 bits per heavy atom. The fourth-order valence-electron chi connectivity index (χ4n) is 5.60. The molecule has 0 spiro atoms. The number of fused-ring (bicyclic) bond motifs is 1. The van der Waals surface area contributed by atoms with Gasteiger partial charge in [0.05, 0.1) is 10.0 Å². The number of hydrogen-bond acceptors (Lipinski definition) is 0. The van der Waals surface area contributed by atoms with E-state index in [-0.39, 0.29) is 5.41 Å². The number of halogens is 2. The van der Waals surface area contributed by atoms with Crippen LogP contribution in [-0.4, -0.2) is 0 Å². The molecule has 0 aliphatic heterocycles. The number of aryl methyl sites for hydroxylation is 4. The summed E-state index contributed by atoms with van der Waals surface area (Å²) in [5.41, 5.74) is 13.0. The second-order valence-corrected chi connectivity index (χ2v) is 11.0. The van der Waals surface area contributed by atoms with Crippen molar-refractivity contribution in [1.82, 2.24) is 0 Å². The van der Waals surface area contributed by atoms with Gasteiger partial charge in [0.1, 0.15) is 0 Å². The second-order valence-electron chi connectivity index (χ2n) is 10.2. The SMILES string of the molecule is Cc1ccc(Cc2c(-c3cc(C)c4c(c3)C(C)(C)CC4C)cc(C)c(Cl)c2Cl)c(C)c1. The molecule has 0 N–H and O–H groups in total. The average molecular weight is 451 g/mol. The summed E-state index contributed by atoms with van der Waals surface area (Å²) in [6.07, 6.45) is 1.97. The predicted molar refractivity (Wildman–Crippen MR) is 136 cm³/mol. The lowest BCUT2D eigenvalue weighted by atomic mass is 9.83. The maximum absolute atomic E-state index is 6.89. The summed E-state index contributed by atoms with van der Waals surface area (Å²) in [5.74, 6) is 0.601. The highest BCUT2D eigenvalue weighted by atomic mass is 35.5. The van der Waals surface area contributed by atoms with Crippen molar-refractivity contribution < 1.29 is 0 Å². The monoisotopic (exact) mass is 450 g/mol. The highest BCUT2D eigenvalue weighted by molar-refractivity contribution is 6.43. The molecule has 162 valence electrons. The summed E-state index contributed by atoms with van der Waals surface area (Å²) in [7, 11) is 0. The molecule has 0 saturated carbocycles. The zero-order chi connectivity index (χ0) is 22.7. The van der Waals surface area contributed by atoms with Crippen molar-refractivity contribution in [2.24, 2.45) is 0 Å². The lowest BCUT2D eigenvalue weighted by Gasteiger charge is -2.22. The molecule has 3 aromatic rings. The number of rotatable bonds is 3. The van der Waals surface area contributed by atoms with Gasteiger partial charge >= 0.3 is 0 Å². The van der Waals surface area contributed by atoms with E-state index in [1.807, 2.05) is 6.92 Å². The molecule has 0 amide bonds. The van der Waals surface area contributed by atoms with Crippen LogP contribution in [0.1, 0.15) is 77.6 Å². The van der Waals surface area contributed by atoms with Crippen LogP contribution < -0.4 is 0 Å². The van der Waals surface area contributed by atoms with Gasteiger partial charge in [-0.25, -0.2) is 0 Å². The Kier molecular flexibility index (Phi) is 5.78. The van der Waals surface area contributed by atoms with Gasteiger partial charge in [-0.15, -0.1) is 0 Å². The van der Waals surface area contributed by atoms with E-state index in [1.165, 1.54) is 50.9 Å². The molecule has 1 aliphatic rings. The molecule has 31 heavy (non-hydrogen) atoms. The van der Waals surface area contributed by atoms with Gasteiger partial charge in [-0.1, -0.05) is 79.9 Å². The molecule has 0 aromatic heterocycles. The number of hydrogen-bond donors (Lipinski definition) is 0. The van der Waals surface area contributed by atoms with Crippen LogP contribution >= 0.6 is 23.2 Å². The number of benzene rings is 3. The van der Waals surface area contributed by atoms with Crippen molar-refractivity contribution in [2.75, 3.05) is 0 Å². The molecule has 3 aromatic carbocycles. The van der Waals surface area contributed by atoms with Gasteiger partial charge in [0.25, 0.3) is 0 Å². The summed E-state index contributed by atoms with van der Waals surface area (Å²) in [4.78, 5) is 0. The Morgan fingerprint density at radius 1 is 0.871 bits per heavy atom. The third kappa shape index (κ3) is 3.94. The first-order chi connectivity index (χ1) is 14.5. The predicted octanol–water partition coefficient (Wildman–Crippen LogP) is 9.27. The van der Waals surface area contributed by atoms with E-state index in [2.05, 4.69) is 77.9 Å². The van der Waals surface area contributed by atoms with Gasteiger partial charge in [-0.3, -0.25) is 0 Å². The summed E-state index contributed by atoms with van der Waals surface area (Å²) >= 11 is 13.5. The first-order valence-electron chi connectivity index (χ1n) is 11.2. The van der Waals surface area contributed by atoms with Crippen LogP contribution in [0, 0.1) is 27.7 Å². The van der Waals surface area contributed by atoms with Gasteiger partial charge in [-0.2, -0.15) is 0 Å². The van der Waals surface area contributed by atoms with Crippen LogP contribution in [0.3, 0.4) is 0 Å². The van der Waals surface area contributed by atoms with Crippen LogP contribution in [0.4, 0.5) is 0 Å². The topological polar surface area (TPSA) is 0 Å². The molecule has 0 radical (unpaired) electrons. The highest BCUT2D eigenvalue weighted by Gasteiger charge is 2.36. The lowest BCUT2D eigenvalue weighted by molar-refractivity contribution is 0.489. The first kappa shape index (κ1) is 22.4. The van der Waals surface area contributed by atoms with Gasteiger partial charge < -0.3 is 0 Å². The van der Waals surface area contributed by atoms with Crippen LogP contribution in [0.5, 0.6) is 0 Å². The van der Waals surface area contributed by atoms with Crippen LogP contribution in [0.15, 0.2) is 36.4 Å². The fourth-order valence-corrected chi connectivity index (χ4v) is 6.09. The molecule has 1 atom stereocenters. The Hall–Kier alpha value is -1.76. The minimum Gasteiger partial charge on any atom is -0.0824 e. The van der Waals surface area contributed by atoms with Crippen molar-refractivity contribution in [1.29, 1.82) is 0 Å². The molecule has 1 aliphatic carbocycles. The minimum absolute atomic E-state index is 0.189. The van der Waals surface area contributed by atoms with E-state index >= 15 is 0 Å². The van der Waals surface area contributed by atoms with Gasteiger partial charge in [0, 0.05) is 0 Å². The van der Waals surface area contributed by atoms with E-state index < -0.39 is 0 Å². The van der Waals surface area contributed by atoms with E-state index in [9.17, 15) is 0 Å². The quantitative estimate of drug-likeness (QED) is 0.372. The smallest absolute Gasteiger partial charge is 0.0636 e. The molecule has 0 bridgehead atoms. The maximum atomic E-state index is 6.89. The highest BCUT2D eigenvalue weighted by Crippen LogP contribution is 2.49. The van der Waals surface area contributed by atoms with Crippen molar-refractivity contribution in [3.8, 4) is 11.1 Å². The van der Waals surface area contributed by atoms with Crippen molar-refractivity contribution >= 4 is 23.2 Å². The van der Waals surface area contributed by atoms with Gasteiger partial charge in [0.2, 0.25) is 0 Å². The Labute approximate surface area is 197 Å². The van der Waals surface area contributed by atoms with Gasteiger partial charge in [-0.05, 0) is 108 Å². The average Bonchev–Trinajstić information content (AvgIpc) is 2.92. The molecule has 2 heteroatoms. The largest absolute Gasteiger partial charge is 0.0824 e. The van der Waals surface area contributed by atoms with Gasteiger partial charge in [0.15, 0.2) is 0 Å². The van der Waals surface area contributed by atoms with Crippen LogP contribution in [0.25, 0.3) is 11.1 Å². The summed E-state index contributed by atoms with van der Waals surface area (Å²) in [6, 6.07) is 13.6. The standard InChI is InChI=1S/C29H32Cl2/c1-16-8-9-21(17(2)10-16)13-24-23(12-19(4)27(30)28(24)31)22-11-18(3)26-20(5)15-29(6,7)25(26)14-22/h8-12,14,20H,13,15H2,1-7H3. The molecule has 1 unspecified atom stereocenters. The minimum atomic E-state index is 0.189. The summed E-state index contributed by atoms with van der Waals surface area (Å²) < 4.78 is 0. The van der Waals surface area contributed by atoms with Crippen molar-refractivity contribution in [3.63, 3.8) is 0 Å². The van der Waals surface area contributed by atoms with E-state index in [0.717, 1.165) is 17.5 Å². The molecule has 0 heterocycles. The molecule has 0 fully saturated rings. The molecule has 0 saturated heterocycles. The summed E-state index contributed by atoms with van der Waals surface area (Å²) in [6.45, 7) is 15.7. The van der Waals surface area contributed by atoms with E-state index in [0.29, 0.717) is 16.0 Å². The molecular weight excluding hydrogens is 419 g/mol. The van der Waals surface area contributed by atoms with Crippen molar-refractivity contribution in [2.45, 2.75) is 72.6 Å². The third-order valence-corrected chi connectivity index (χ3v) is 8.09. The Bertz CT molecular complexity index is 1180. The fraction of sp³-hybridized carbons (Fsp3) is 0.379. The molecular formula is C29H32Cl2. The Morgan fingerprint density at radius 2 is 1.58 bits per heavy atom. The zero-order valence-electron chi connectivity index (χ0n) is 19.7. The molecule has 4 rings (SSSR count). The third-order valence-electron chi connectivity index (χ3n) is 7.09.